The summed E-state index contributed by atoms with van der Waals surface area (Å²) in [6.45, 7) is 1.85. The molecule has 1 N–H and O–H groups in total. The van der Waals surface area contributed by atoms with Crippen molar-refractivity contribution in [3.05, 3.63) is 89.5 Å². The molecule has 0 aliphatic heterocycles. The van der Waals surface area contributed by atoms with E-state index in [4.69, 9.17) is 8.92 Å². The maximum atomic E-state index is 12.5. The van der Waals surface area contributed by atoms with Gasteiger partial charge in [-0.1, -0.05) is 29.8 Å². The molecule has 0 heterocycles. The molecule has 0 spiro atoms. The summed E-state index contributed by atoms with van der Waals surface area (Å²) < 4.78 is 35.3. The van der Waals surface area contributed by atoms with E-state index < -0.39 is 16.0 Å². The summed E-state index contributed by atoms with van der Waals surface area (Å²) in [5, 5.41) is 12.0. The third-order valence-electron chi connectivity index (χ3n) is 4.40. The van der Waals surface area contributed by atoms with Crippen LogP contribution < -0.4 is 14.2 Å². The quantitative estimate of drug-likeness (QED) is 0.328. The molecule has 1 amide bonds. The van der Waals surface area contributed by atoms with Crippen molar-refractivity contribution < 1.29 is 22.1 Å². The molecular weight excluding hydrogens is 428 g/mol. The second-order valence-electron chi connectivity index (χ2n) is 6.78. The predicted molar refractivity (Wildman–Crippen MR) is 121 cm³/mol. The van der Waals surface area contributed by atoms with E-state index in [9.17, 15) is 18.5 Å². The lowest BCUT2D eigenvalue weighted by Gasteiger charge is -2.08. The summed E-state index contributed by atoms with van der Waals surface area (Å²) in [5.74, 6) is 0.0971. The first-order chi connectivity index (χ1) is 15.3. The predicted octanol–water partition coefficient (Wildman–Crippen LogP) is 4.32. The van der Waals surface area contributed by atoms with Crippen molar-refractivity contribution in [1.29, 1.82) is 5.26 Å². The van der Waals surface area contributed by atoms with Crippen LogP contribution in [0.3, 0.4) is 0 Å². The van der Waals surface area contributed by atoms with Gasteiger partial charge in [-0.05, 0) is 67.1 Å². The molecule has 3 rings (SSSR count). The lowest BCUT2D eigenvalue weighted by Crippen LogP contribution is -2.13. The Bertz CT molecular complexity index is 1290. The fourth-order valence-electron chi connectivity index (χ4n) is 2.72. The van der Waals surface area contributed by atoms with Gasteiger partial charge in [0.15, 0.2) is 0 Å². The van der Waals surface area contributed by atoms with Gasteiger partial charge in [0.25, 0.3) is 5.91 Å². The van der Waals surface area contributed by atoms with Crippen LogP contribution in [0, 0.1) is 18.3 Å². The Labute approximate surface area is 186 Å². The fraction of sp³-hybridized carbons (Fsp3) is 0.0833. The van der Waals surface area contributed by atoms with Crippen molar-refractivity contribution in [2.75, 3.05) is 12.4 Å². The number of ether oxygens (including phenoxy) is 1. The maximum absolute atomic E-state index is 12.5. The Morgan fingerprint density at radius 2 is 1.69 bits per heavy atom. The van der Waals surface area contributed by atoms with Crippen molar-refractivity contribution in [2.24, 2.45) is 0 Å². The molecule has 0 aromatic heterocycles. The number of benzene rings is 3. The first kappa shape index (κ1) is 22.6. The molecule has 0 saturated heterocycles. The average Bonchev–Trinajstić information content (AvgIpc) is 2.78. The molecule has 32 heavy (non-hydrogen) atoms. The number of carbonyl (C=O) groups is 1. The van der Waals surface area contributed by atoms with Gasteiger partial charge in [-0.25, -0.2) is 0 Å². The van der Waals surface area contributed by atoms with Gasteiger partial charge in [-0.15, -0.1) is 0 Å². The number of rotatable bonds is 7. The van der Waals surface area contributed by atoms with Crippen LogP contribution >= 0.6 is 0 Å². The molecule has 0 unspecified atom stereocenters. The van der Waals surface area contributed by atoms with E-state index in [0.29, 0.717) is 17.0 Å². The van der Waals surface area contributed by atoms with Crippen molar-refractivity contribution >= 4 is 27.8 Å². The second kappa shape index (κ2) is 9.81. The number of nitrogens with zero attached hydrogens (tertiary/aromatic N) is 1. The van der Waals surface area contributed by atoms with Gasteiger partial charge < -0.3 is 14.2 Å². The molecule has 0 radical (unpaired) electrons. The van der Waals surface area contributed by atoms with Crippen LogP contribution in [0.15, 0.2) is 83.3 Å². The molecule has 3 aromatic carbocycles. The number of amides is 1. The number of hydrogen-bond acceptors (Lipinski definition) is 6. The lowest BCUT2D eigenvalue weighted by molar-refractivity contribution is -0.112. The largest absolute Gasteiger partial charge is 0.497 e. The Morgan fingerprint density at radius 3 is 2.31 bits per heavy atom. The lowest BCUT2D eigenvalue weighted by atomic mass is 10.1. The normalized spacial score (nSPS) is 11.3. The number of methoxy groups -OCH3 is 1. The van der Waals surface area contributed by atoms with E-state index in [2.05, 4.69) is 5.32 Å². The summed E-state index contributed by atoms with van der Waals surface area (Å²) in [5.41, 5.74) is 1.70. The van der Waals surface area contributed by atoms with Gasteiger partial charge in [-0.2, -0.15) is 13.7 Å². The molecule has 0 aliphatic rings. The van der Waals surface area contributed by atoms with E-state index in [0.717, 1.165) is 5.56 Å². The van der Waals surface area contributed by atoms with Gasteiger partial charge >= 0.3 is 10.1 Å². The number of hydrogen-bond donors (Lipinski definition) is 1. The van der Waals surface area contributed by atoms with Crippen LogP contribution in [0.4, 0.5) is 5.69 Å². The highest BCUT2D eigenvalue weighted by Crippen LogP contribution is 2.22. The van der Waals surface area contributed by atoms with Crippen LogP contribution in [0.5, 0.6) is 11.5 Å². The zero-order valence-electron chi connectivity index (χ0n) is 17.4. The van der Waals surface area contributed by atoms with E-state index in [1.807, 2.05) is 13.0 Å². The summed E-state index contributed by atoms with van der Waals surface area (Å²) >= 11 is 0. The average molecular weight is 449 g/mol. The van der Waals surface area contributed by atoms with Gasteiger partial charge in [0.2, 0.25) is 0 Å². The van der Waals surface area contributed by atoms with Crippen molar-refractivity contribution in [3.8, 4) is 17.6 Å². The van der Waals surface area contributed by atoms with Crippen molar-refractivity contribution in [3.63, 3.8) is 0 Å². The highest BCUT2D eigenvalue weighted by molar-refractivity contribution is 7.87. The standard InChI is InChI=1S/C24H20N2O5S/c1-17-6-12-23(13-7-17)32(28,29)31-22-5-3-4-18(15-22)14-19(16-25)24(27)26-20-8-10-21(30-2)11-9-20/h3-15H,1-2H3,(H,26,27)/b19-14+. The molecular formula is C24H20N2O5S. The van der Waals surface area contributed by atoms with Crippen LogP contribution in [0.25, 0.3) is 6.08 Å². The van der Waals surface area contributed by atoms with Crippen molar-refractivity contribution in [2.45, 2.75) is 11.8 Å². The highest BCUT2D eigenvalue weighted by Gasteiger charge is 2.17. The number of nitrogens with one attached hydrogen (secondary N) is 1. The molecule has 162 valence electrons. The van der Waals surface area contributed by atoms with Gasteiger partial charge in [0.05, 0.1) is 7.11 Å². The molecule has 0 bridgehead atoms. The maximum Gasteiger partial charge on any atom is 0.339 e. The topological polar surface area (TPSA) is 105 Å². The molecule has 0 atom stereocenters. The fourth-order valence-corrected chi connectivity index (χ4v) is 3.65. The van der Waals surface area contributed by atoms with Crippen LogP contribution in [0.2, 0.25) is 0 Å². The van der Waals surface area contributed by atoms with Gasteiger partial charge in [0.1, 0.15) is 28.0 Å². The zero-order chi connectivity index (χ0) is 23.1. The highest BCUT2D eigenvalue weighted by atomic mass is 32.2. The first-order valence-electron chi connectivity index (χ1n) is 9.49. The minimum atomic E-state index is -4.02. The number of carbonyl (C=O) groups excluding carboxylic acids is 1. The third-order valence-corrected chi connectivity index (χ3v) is 5.66. The minimum absolute atomic E-state index is 0.0284. The Balaban J connectivity index is 1.78. The Kier molecular flexibility index (Phi) is 6.93. The first-order valence-corrected chi connectivity index (χ1v) is 10.9. The SMILES string of the molecule is COc1ccc(NC(=O)/C(C#N)=C/c2cccc(OS(=O)(=O)c3ccc(C)cc3)c2)cc1. The smallest absolute Gasteiger partial charge is 0.339 e. The molecule has 0 fully saturated rings. The third kappa shape index (κ3) is 5.74. The number of nitriles is 1. The number of aryl methyl sites for hydroxylation is 1. The molecule has 8 heteroatoms. The second-order valence-corrected chi connectivity index (χ2v) is 8.32. The zero-order valence-corrected chi connectivity index (χ0v) is 18.2. The summed E-state index contributed by atoms with van der Waals surface area (Å²) in [6, 6.07) is 20.9. The van der Waals surface area contributed by atoms with Crippen LogP contribution in [-0.4, -0.2) is 21.4 Å². The summed E-state index contributed by atoms with van der Waals surface area (Å²) in [4.78, 5) is 12.5. The molecule has 3 aromatic rings. The summed E-state index contributed by atoms with van der Waals surface area (Å²) in [7, 11) is -2.48. The van der Waals surface area contributed by atoms with E-state index in [-0.39, 0.29) is 16.2 Å². The molecule has 7 nitrogen and oxygen atoms in total. The van der Waals surface area contributed by atoms with Crippen LogP contribution in [-0.2, 0) is 14.9 Å². The number of anilines is 1. The van der Waals surface area contributed by atoms with E-state index >= 15 is 0 Å². The van der Waals surface area contributed by atoms with Gasteiger partial charge in [-0.3, -0.25) is 4.79 Å². The molecule has 0 aliphatic carbocycles. The van der Waals surface area contributed by atoms with E-state index in [1.165, 1.54) is 37.5 Å². The van der Waals surface area contributed by atoms with Gasteiger partial charge in [0, 0.05) is 5.69 Å². The Hall–Kier alpha value is -4.09. The summed E-state index contributed by atoms with van der Waals surface area (Å²) in [6.07, 6.45) is 1.35. The van der Waals surface area contributed by atoms with Crippen molar-refractivity contribution in [1.82, 2.24) is 0 Å². The van der Waals surface area contributed by atoms with E-state index in [1.54, 1.807) is 48.5 Å². The monoisotopic (exact) mass is 448 g/mol. The van der Waals surface area contributed by atoms with Crippen LogP contribution in [0.1, 0.15) is 11.1 Å². The Morgan fingerprint density at radius 1 is 1.00 bits per heavy atom. The minimum Gasteiger partial charge on any atom is -0.497 e. The molecule has 0 saturated carbocycles.